The van der Waals surface area contributed by atoms with Gasteiger partial charge in [-0.25, -0.2) is 0 Å². The lowest BCUT2D eigenvalue weighted by atomic mass is 9.95. The minimum atomic E-state index is -0.552. The zero-order valence-electron chi connectivity index (χ0n) is 16.3. The van der Waals surface area contributed by atoms with Gasteiger partial charge < -0.3 is 10.6 Å². The first-order valence-electron chi connectivity index (χ1n) is 9.63. The van der Waals surface area contributed by atoms with Crippen LogP contribution in [0.5, 0.6) is 0 Å². The fourth-order valence-corrected chi connectivity index (χ4v) is 3.46. The maximum absolute atomic E-state index is 12.8. The summed E-state index contributed by atoms with van der Waals surface area (Å²) >= 11 is 0. The van der Waals surface area contributed by atoms with Gasteiger partial charge in [0, 0.05) is 17.5 Å². The molecule has 0 aromatic heterocycles. The van der Waals surface area contributed by atoms with Crippen molar-refractivity contribution in [1.29, 1.82) is 0 Å². The second-order valence-corrected chi connectivity index (χ2v) is 7.87. The number of benzene rings is 2. The lowest BCUT2D eigenvalue weighted by molar-refractivity contribution is -0.124. The SMILES string of the molecule is Cc1ccccc1C(=O)NC(C(=O)NCC1(c2ccccc2)CC1)C(C)C. The molecule has 2 amide bonds. The van der Waals surface area contributed by atoms with Gasteiger partial charge in [-0.3, -0.25) is 9.59 Å². The summed E-state index contributed by atoms with van der Waals surface area (Å²) in [4.78, 5) is 25.4. The second-order valence-electron chi connectivity index (χ2n) is 7.87. The van der Waals surface area contributed by atoms with E-state index in [4.69, 9.17) is 0 Å². The topological polar surface area (TPSA) is 58.2 Å². The minimum Gasteiger partial charge on any atom is -0.353 e. The van der Waals surface area contributed by atoms with E-state index in [0.717, 1.165) is 18.4 Å². The van der Waals surface area contributed by atoms with E-state index in [0.29, 0.717) is 12.1 Å². The average molecular weight is 364 g/mol. The van der Waals surface area contributed by atoms with Gasteiger partial charge in [0.05, 0.1) is 0 Å². The van der Waals surface area contributed by atoms with Crippen LogP contribution in [0.2, 0.25) is 0 Å². The summed E-state index contributed by atoms with van der Waals surface area (Å²) in [5.41, 5.74) is 2.84. The lowest BCUT2D eigenvalue weighted by Crippen LogP contribution is -2.51. The molecule has 0 radical (unpaired) electrons. The number of hydrogen-bond donors (Lipinski definition) is 2. The number of carbonyl (C=O) groups is 2. The minimum absolute atomic E-state index is 0.00449. The van der Waals surface area contributed by atoms with Crippen molar-refractivity contribution in [2.45, 2.75) is 45.1 Å². The third kappa shape index (κ3) is 4.38. The Morgan fingerprint density at radius 3 is 2.22 bits per heavy atom. The molecular formula is C23H28N2O2. The quantitative estimate of drug-likeness (QED) is 0.789. The van der Waals surface area contributed by atoms with Crippen LogP contribution in [-0.4, -0.2) is 24.4 Å². The molecule has 1 atom stereocenters. The van der Waals surface area contributed by atoms with Gasteiger partial charge in [0.15, 0.2) is 0 Å². The van der Waals surface area contributed by atoms with Gasteiger partial charge in [-0.15, -0.1) is 0 Å². The number of hydrogen-bond acceptors (Lipinski definition) is 2. The van der Waals surface area contributed by atoms with Crippen molar-refractivity contribution in [1.82, 2.24) is 10.6 Å². The van der Waals surface area contributed by atoms with Crippen LogP contribution in [0, 0.1) is 12.8 Å². The van der Waals surface area contributed by atoms with E-state index in [1.807, 2.05) is 57.2 Å². The van der Waals surface area contributed by atoms with Crippen LogP contribution < -0.4 is 10.6 Å². The predicted molar refractivity (Wildman–Crippen MR) is 108 cm³/mol. The molecule has 0 aliphatic heterocycles. The third-order valence-corrected chi connectivity index (χ3v) is 5.47. The van der Waals surface area contributed by atoms with Gasteiger partial charge in [0.1, 0.15) is 6.04 Å². The molecule has 1 saturated carbocycles. The number of amides is 2. The molecule has 1 unspecified atom stereocenters. The van der Waals surface area contributed by atoms with E-state index in [9.17, 15) is 9.59 Å². The first-order chi connectivity index (χ1) is 12.9. The Hall–Kier alpha value is -2.62. The highest BCUT2D eigenvalue weighted by Gasteiger charge is 2.44. The van der Waals surface area contributed by atoms with E-state index < -0.39 is 6.04 Å². The van der Waals surface area contributed by atoms with Crippen molar-refractivity contribution in [2.24, 2.45) is 5.92 Å². The number of nitrogens with one attached hydrogen (secondary N) is 2. The molecule has 2 N–H and O–H groups in total. The lowest BCUT2D eigenvalue weighted by Gasteiger charge is -2.24. The highest BCUT2D eigenvalue weighted by Crippen LogP contribution is 2.47. The van der Waals surface area contributed by atoms with Crippen molar-refractivity contribution in [3.63, 3.8) is 0 Å². The molecule has 4 heteroatoms. The molecule has 0 spiro atoms. The maximum atomic E-state index is 12.8. The van der Waals surface area contributed by atoms with Crippen LogP contribution in [0.1, 0.15) is 48.2 Å². The monoisotopic (exact) mass is 364 g/mol. The Morgan fingerprint density at radius 2 is 1.63 bits per heavy atom. The average Bonchev–Trinajstić information content (AvgIpc) is 3.46. The standard InChI is InChI=1S/C23H28N2O2/c1-16(2)20(25-21(26)19-12-8-7-9-17(19)3)22(27)24-15-23(13-14-23)18-10-5-4-6-11-18/h4-12,16,20H,13-15H2,1-3H3,(H,24,27)(H,25,26). The molecule has 0 saturated heterocycles. The molecule has 0 heterocycles. The second kappa shape index (κ2) is 7.95. The molecule has 2 aromatic carbocycles. The van der Waals surface area contributed by atoms with E-state index in [1.54, 1.807) is 6.07 Å². The van der Waals surface area contributed by atoms with Crippen LogP contribution >= 0.6 is 0 Å². The number of aryl methyl sites for hydroxylation is 1. The molecule has 142 valence electrons. The van der Waals surface area contributed by atoms with E-state index in [2.05, 4.69) is 22.8 Å². The third-order valence-electron chi connectivity index (χ3n) is 5.47. The fourth-order valence-electron chi connectivity index (χ4n) is 3.46. The summed E-state index contributed by atoms with van der Waals surface area (Å²) in [7, 11) is 0. The van der Waals surface area contributed by atoms with Crippen molar-refractivity contribution in [3.05, 3.63) is 71.3 Å². The molecule has 1 aliphatic rings. The van der Waals surface area contributed by atoms with Gasteiger partial charge in [0.25, 0.3) is 5.91 Å². The Morgan fingerprint density at radius 1 is 1.00 bits per heavy atom. The summed E-state index contributed by atoms with van der Waals surface area (Å²) in [5.74, 6) is -0.315. The first-order valence-corrected chi connectivity index (χ1v) is 9.63. The molecule has 0 bridgehead atoms. The predicted octanol–water partition coefficient (Wildman–Crippen LogP) is 3.60. The number of carbonyl (C=O) groups excluding carboxylic acids is 2. The summed E-state index contributed by atoms with van der Waals surface area (Å²) in [6.45, 7) is 6.41. The van der Waals surface area contributed by atoms with Crippen molar-refractivity contribution < 1.29 is 9.59 Å². The summed E-state index contributed by atoms with van der Waals surface area (Å²) in [5, 5.41) is 6.00. The fraction of sp³-hybridized carbons (Fsp3) is 0.391. The van der Waals surface area contributed by atoms with Gasteiger partial charge in [-0.1, -0.05) is 62.4 Å². The molecule has 1 fully saturated rings. The first kappa shape index (κ1) is 19.2. The largest absolute Gasteiger partial charge is 0.353 e. The Kier molecular flexibility index (Phi) is 5.64. The van der Waals surface area contributed by atoms with Gasteiger partial charge in [-0.2, -0.15) is 0 Å². The highest BCUT2D eigenvalue weighted by atomic mass is 16.2. The molecule has 2 aromatic rings. The van der Waals surface area contributed by atoms with Crippen LogP contribution in [0.4, 0.5) is 0 Å². The Bertz CT molecular complexity index is 810. The summed E-state index contributed by atoms with van der Waals surface area (Å²) in [6.07, 6.45) is 2.17. The normalized spacial score (nSPS) is 15.9. The molecule has 1 aliphatic carbocycles. The Labute approximate surface area is 161 Å². The summed E-state index contributed by atoms with van der Waals surface area (Å²) < 4.78 is 0. The van der Waals surface area contributed by atoms with Crippen LogP contribution in [0.3, 0.4) is 0 Å². The maximum Gasteiger partial charge on any atom is 0.252 e. The summed E-state index contributed by atoms with van der Waals surface area (Å²) in [6, 6.07) is 17.2. The van der Waals surface area contributed by atoms with Crippen LogP contribution in [-0.2, 0) is 10.2 Å². The zero-order chi connectivity index (χ0) is 19.4. The molecule has 27 heavy (non-hydrogen) atoms. The van der Waals surface area contributed by atoms with Gasteiger partial charge in [-0.05, 0) is 42.9 Å². The van der Waals surface area contributed by atoms with Crippen molar-refractivity contribution >= 4 is 11.8 Å². The van der Waals surface area contributed by atoms with E-state index >= 15 is 0 Å². The van der Waals surface area contributed by atoms with Crippen molar-refractivity contribution in [2.75, 3.05) is 6.54 Å². The molecular weight excluding hydrogens is 336 g/mol. The van der Waals surface area contributed by atoms with Gasteiger partial charge >= 0.3 is 0 Å². The van der Waals surface area contributed by atoms with Crippen LogP contribution in [0.25, 0.3) is 0 Å². The van der Waals surface area contributed by atoms with Crippen LogP contribution in [0.15, 0.2) is 54.6 Å². The highest BCUT2D eigenvalue weighted by molar-refractivity contribution is 5.98. The van der Waals surface area contributed by atoms with Crippen molar-refractivity contribution in [3.8, 4) is 0 Å². The van der Waals surface area contributed by atoms with Gasteiger partial charge in [0.2, 0.25) is 5.91 Å². The van der Waals surface area contributed by atoms with E-state index in [1.165, 1.54) is 5.56 Å². The Balaban J connectivity index is 1.64. The molecule has 4 nitrogen and oxygen atoms in total. The smallest absolute Gasteiger partial charge is 0.252 e. The molecule has 3 rings (SSSR count). The zero-order valence-corrected chi connectivity index (χ0v) is 16.3. The number of rotatable bonds is 7. The van der Waals surface area contributed by atoms with E-state index in [-0.39, 0.29) is 23.1 Å².